The van der Waals surface area contributed by atoms with Gasteiger partial charge in [0, 0.05) is 61.9 Å². The summed E-state index contributed by atoms with van der Waals surface area (Å²) in [5.74, 6) is -0.310. The van der Waals surface area contributed by atoms with Gasteiger partial charge >= 0.3 is 0 Å². The Kier molecular flexibility index (Phi) is 8.04. The molecule has 0 bridgehead atoms. The van der Waals surface area contributed by atoms with Crippen molar-refractivity contribution in [2.45, 2.75) is 25.9 Å². The van der Waals surface area contributed by atoms with Crippen LogP contribution in [-0.4, -0.2) is 60.5 Å². The highest BCUT2D eigenvalue weighted by Crippen LogP contribution is 2.20. The maximum atomic E-state index is 13.4. The zero-order chi connectivity index (χ0) is 26.3. The number of benzene rings is 3. The van der Waals surface area contributed by atoms with Gasteiger partial charge in [-0.2, -0.15) is 0 Å². The monoisotopic (exact) mass is 509 g/mol. The van der Waals surface area contributed by atoms with Crippen LogP contribution in [0.4, 0.5) is 5.69 Å². The van der Waals surface area contributed by atoms with E-state index in [1.165, 1.54) is 5.69 Å². The number of nitrogens with one attached hydrogen (secondary N) is 3. The molecule has 0 spiro atoms. The van der Waals surface area contributed by atoms with Gasteiger partial charge in [-0.25, -0.2) is 0 Å². The average Bonchev–Trinajstić information content (AvgIpc) is 3.36. The summed E-state index contributed by atoms with van der Waals surface area (Å²) < 4.78 is 0. The van der Waals surface area contributed by atoms with Gasteiger partial charge in [0.1, 0.15) is 6.04 Å². The molecule has 38 heavy (non-hydrogen) atoms. The van der Waals surface area contributed by atoms with Crippen molar-refractivity contribution in [3.05, 3.63) is 102 Å². The number of aromatic nitrogens is 1. The molecule has 1 aliphatic rings. The van der Waals surface area contributed by atoms with Crippen molar-refractivity contribution in [1.29, 1.82) is 0 Å². The lowest BCUT2D eigenvalue weighted by Gasteiger charge is -2.35. The van der Waals surface area contributed by atoms with E-state index in [-0.39, 0.29) is 18.4 Å². The summed E-state index contributed by atoms with van der Waals surface area (Å²) >= 11 is 0. The third kappa shape index (κ3) is 6.23. The Balaban J connectivity index is 1.23. The summed E-state index contributed by atoms with van der Waals surface area (Å²) in [6.45, 7) is 6.07. The van der Waals surface area contributed by atoms with Crippen LogP contribution in [0.1, 0.15) is 16.7 Å². The third-order valence-corrected chi connectivity index (χ3v) is 7.33. The summed E-state index contributed by atoms with van der Waals surface area (Å²) in [5, 5.41) is 7.16. The van der Waals surface area contributed by atoms with Crippen LogP contribution in [0.3, 0.4) is 0 Å². The minimum Gasteiger partial charge on any atom is -0.369 e. The van der Waals surface area contributed by atoms with E-state index < -0.39 is 6.04 Å². The molecule has 1 atom stereocenters. The SMILES string of the molecule is Cc1ccccc1CNC(=O)C(Cc1c[nH]c2ccccc12)NC(=O)CN1CCN(c2ccccc2)CC1. The average molecular weight is 510 g/mol. The minimum atomic E-state index is -0.670. The smallest absolute Gasteiger partial charge is 0.243 e. The molecular formula is C31H35N5O2. The van der Waals surface area contributed by atoms with E-state index in [0.717, 1.165) is 53.8 Å². The molecule has 196 valence electrons. The maximum absolute atomic E-state index is 13.4. The first-order valence-corrected chi connectivity index (χ1v) is 13.3. The molecule has 4 aromatic rings. The fraction of sp³-hybridized carbons (Fsp3) is 0.290. The number of hydrogen-bond donors (Lipinski definition) is 3. The van der Waals surface area contributed by atoms with E-state index in [1.807, 2.05) is 79.9 Å². The number of aromatic amines is 1. The number of rotatable bonds is 9. The van der Waals surface area contributed by atoms with Gasteiger partial charge in [0.05, 0.1) is 6.54 Å². The Labute approximate surface area is 223 Å². The molecule has 0 aliphatic carbocycles. The number of H-pyrrole nitrogens is 1. The summed E-state index contributed by atoms with van der Waals surface area (Å²) in [6.07, 6.45) is 2.35. The van der Waals surface area contributed by atoms with Gasteiger partial charge in [0.15, 0.2) is 0 Å². The Morgan fingerprint density at radius 1 is 0.868 bits per heavy atom. The fourth-order valence-corrected chi connectivity index (χ4v) is 5.09. The zero-order valence-corrected chi connectivity index (χ0v) is 21.8. The van der Waals surface area contributed by atoms with Crippen LogP contribution in [0, 0.1) is 6.92 Å². The highest BCUT2D eigenvalue weighted by Gasteiger charge is 2.25. The van der Waals surface area contributed by atoms with Crippen LogP contribution in [0.15, 0.2) is 85.1 Å². The molecular weight excluding hydrogens is 474 g/mol. The van der Waals surface area contributed by atoms with Crippen molar-refractivity contribution in [2.24, 2.45) is 0 Å². The van der Waals surface area contributed by atoms with Gasteiger partial charge in [-0.3, -0.25) is 14.5 Å². The van der Waals surface area contributed by atoms with Crippen molar-refractivity contribution in [3.8, 4) is 0 Å². The number of fused-ring (bicyclic) bond motifs is 1. The molecule has 1 aliphatic heterocycles. The number of amides is 2. The molecule has 1 unspecified atom stereocenters. The minimum absolute atomic E-state index is 0.131. The Morgan fingerprint density at radius 3 is 2.37 bits per heavy atom. The summed E-state index contributed by atoms with van der Waals surface area (Å²) in [7, 11) is 0. The molecule has 5 rings (SSSR count). The summed E-state index contributed by atoms with van der Waals surface area (Å²) in [5.41, 5.74) is 5.42. The summed E-state index contributed by atoms with van der Waals surface area (Å²) in [6, 6.07) is 25.7. The number of piperazine rings is 1. The number of carbonyl (C=O) groups is 2. The highest BCUT2D eigenvalue weighted by atomic mass is 16.2. The predicted octanol–water partition coefficient (Wildman–Crippen LogP) is 3.64. The summed E-state index contributed by atoms with van der Waals surface area (Å²) in [4.78, 5) is 34.3. The molecule has 1 saturated heterocycles. The van der Waals surface area contributed by atoms with Crippen LogP contribution < -0.4 is 15.5 Å². The molecule has 1 fully saturated rings. The lowest BCUT2D eigenvalue weighted by molar-refractivity contribution is -0.129. The van der Waals surface area contributed by atoms with Crippen LogP contribution >= 0.6 is 0 Å². The maximum Gasteiger partial charge on any atom is 0.243 e. The van der Waals surface area contributed by atoms with E-state index in [4.69, 9.17) is 0 Å². The van der Waals surface area contributed by atoms with Crippen molar-refractivity contribution in [3.63, 3.8) is 0 Å². The largest absolute Gasteiger partial charge is 0.369 e. The first-order chi connectivity index (χ1) is 18.6. The first-order valence-electron chi connectivity index (χ1n) is 13.3. The molecule has 7 nitrogen and oxygen atoms in total. The second-order valence-corrected chi connectivity index (χ2v) is 9.93. The molecule has 3 N–H and O–H groups in total. The van der Waals surface area contributed by atoms with Crippen molar-refractivity contribution in [1.82, 2.24) is 20.5 Å². The highest BCUT2D eigenvalue weighted by molar-refractivity contribution is 5.90. The number of carbonyl (C=O) groups excluding carboxylic acids is 2. The van der Waals surface area contributed by atoms with Gasteiger partial charge in [0.25, 0.3) is 0 Å². The molecule has 3 aromatic carbocycles. The molecule has 0 radical (unpaired) electrons. The van der Waals surface area contributed by atoms with Crippen LogP contribution in [0.5, 0.6) is 0 Å². The topological polar surface area (TPSA) is 80.5 Å². The third-order valence-electron chi connectivity index (χ3n) is 7.33. The van der Waals surface area contributed by atoms with E-state index in [9.17, 15) is 9.59 Å². The molecule has 1 aromatic heterocycles. The second-order valence-electron chi connectivity index (χ2n) is 9.93. The lowest BCUT2D eigenvalue weighted by Crippen LogP contribution is -2.53. The van der Waals surface area contributed by atoms with Crippen molar-refractivity contribution in [2.75, 3.05) is 37.6 Å². The normalized spacial score (nSPS) is 14.8. The Morgan fingerprint density at radius 2 is 1.58 bits per heavy atom. The standard InChI is InChI=1S/C31H35N5O2/c1-23-9-5-6-10-24(23)20-33-31(38)29(19-25-21-32-28-14-8-7-13-27(25)28)34-30(37)22-35-15-17-36(18-16-35)26-11-3-2-4-12-26/h2-14,21,29,32H,15-20,22H2,1H3,(H,33,38)(H,34,37). The Hall–Kier alpha value is -4.10. The van der Waals surface area contributed by atoms with Gasteiger partial charge in [-0.15, -0.1) is 0 Å². The van der Waals surface area contributed by atoms with Crippen LogP contribution in [-0.2, 0) is 22.6 Å². The molecule has 0 saturated carbocycles. The predicted molar refractivity (Wildman–Crippen MR) is 152 cm³/mol. The number of aryl methyl sites for hydroxylation is 1. The van der Waals surface area contributed by atoms with E-state index in [0.29, 0.717) is 13.0 Å². The van der Waals surface area contributed by atoms with Gasteiger partial charge in [-0.05, 0) is 41.8 Å². The van der Waals surface area contributed by atoms with Crippen LogP contribution in [0.2, 0.25) is 0 Å². The number of nitrogens with zero attached hydrogens (tertiary/aromatic N) is 2. The number of anilines is 1. The van der Waals surface area contributed by atoms with E-state index in [2.05, 4.69) is 37.6 Å². The second kappa shape index (κ2) is 12.0. The van der Waals surface area contributed by atoms with Gasteiger partial charge in [-0.1, -0.05) is 60.7 Å². The number of hydrogen-bond acceptors (Lipinski definition) is 4. The molecule has 7 heteroatoms. The molecule has 2 heterocycles. The Bertz CT molecular complexity index is 1380. The molecule has 2 amide bonds. The van der Waals surface area contributed by atoms with Gasteiger partial charge < -0.3 is 20.5 Å². The zero-order valence-electron chi connectivity index (χ0n) is 21.8. The van der Waals surface area contributed by atoms with Crippen LogP contribution in [0.25, 0.3) is 10.9 Å². The van der Waals surface area contributed by atoms with Gasteiger partial charge in [0.2, 0.25) is 11.8 Å². The fourth-order valence-electron chi connectivity index (χ4n) is 5.09. The van der Waals surface area contributed by atoms with E-state index in [1.54, 1.807) is 0 Å². The quantitative estimate of drug-likeness (QED) is 0.322. The number of para-hydroxylation sites is 2. The van der Waals surface area contributed by atoms with Crippen molar-refractivity contribution < 1.29 is 9.59 Å². The van der Waals surface area contributed by atoms with E-state index >= 15 is 0 Å². The lowest BCUT2D eigenvalue weighted by atomic mass is 10.0. The first kappa shape index (κ1) is 25.5. The van der Waals surface area contributed by atoms with Crippen molar-refractivity contribution >= 4 is 28.4 Å².